The molecule has 0 aliphatic carbocycles. The molecular formula is C4H11NO4S. The smallest absolute Gasteiger partial charge is 0.317 e. The topological polar surface area (TPSA) is 75.6 Å². The van der Waals surface area contributed by atoms with Crippen LogP contribution in [0.5, 0.6) is 0 Å². The maximum Gasteiger partial charge on any atom is 0.397 e. The normalized spacial score (nSPS) is 15.1. The zero-order chi connectivity index (χ0) is 8.20. The Balaban J connectivity index is 3.69. The van der Waals surface area contributed by atoms with Crippen LogP contribution in [-0.2, 0) is 14.6 Å². The summed E-state index contributed by atoms with van der Waals surface area (Å²) in [6.45, 7) is 1.91. The van der Waals surface area contributed by atoms with Gasteiger partial charge in [0.05, 0.1) is 6.10 Å². The van der Waals surface area contributed by atoms with Gasteiger partial charge in [-0.25, -0.2) is 4.18 Å². The molecule has 0 aromatic carbocycles. The molecule has 0 aliphatic heterocycles. The third-order valence-electron chi connectivity index (χ3n) is 0.777. The van der Waals surface area contributed by atoms with E-state index in [1.54, 1.807) is 7.05 Å². The Kier molecular flexibility index (Phi) is 3.80. The first-order chi connectivity index (χ1) is 4.45. The molecule has 0 rings (SSSR count). The van der Waals surface area contributed by atoms with Crippen molar-refractivity contribution in [3.63, 3.8) is 0 Å². The first-order valence-electron chi connectivity index (χ1n) is 2.76. The summed E-state index contributed by atoms with van der Waals surface area (Å²) in [5.41, 5.74) is 0. The van der Waals surface area contributed by atoms with Crippen LogP contribution < -0.4 is 5.32 Å². The van der Waals surface area contributed by atoms with E-state index < -0.39 is 16.5 Å². The Morgan fingerprint density at radius 3 is 2.50 bits per heavy atom. The Morgan fingerprint density at radius 2 is 2.20 bits per heavy atom. The van der Waals surface area contributed by atoms with Gasteiger partial charge in [-0.15, -0.1) is 0 Å². The average molecular weight is 169 g/mol. The predicted octanol–water partition coefficient (Wildman–Crippen LogP) is -0.586. The fourth-order valence-electron chi connectivity index (χ4n) is 0.529. The van der Waals surface area contributed by atoms with Gasteiger partial charge in [-0.05, 0) is 14.0 Å². The highest BCUT2D eigenvalue weighted by atomic mass is 32.3. The molecule has 62 valence electrons. The molecule has 0 heterocycles. The standard InChI is InChI=1S/C4H11NO4S/c1-4(3-5-2)9-10(6,7)8/h4-5H,3H2,1-2H3,(H,6,7,8). The van der Waals surface area contributed by atoms with E-state index in [-0.39, 0.29) is 0 Å². The monoisotopic (exact) mass is 169 g/mol. The van der Waals surface area contributed by atoms with Crippen molar-refractivity contribution < 1.29 is 17.2 Å². The van der Waals surface area contributed by atoms with Crippen LogP contribution in [0.4, 0.5) is 0 Å². The molecule has 2 N–H and O–H groups in total. The third kappa shape index (κ3) is 5.96. The molecule has 0 aliphatic rings. The number of likely N-dealkylation sites (N-methyl/N-ethyl adjacent to an activating group) is 1. The Morgan fingerprint density at radius 1 is 1.70 bits per heavy atom. The fourth-order valence-corrected chi connectivity index (χ4v) is 1.01. The van der Waals surface area contributed by atoms with Crippen molar-refractivity contribution in [3.05, 3.63) is 0 Å². The summed E-state index contributed by atoms with van der Waals surface area (Å²) in [6, 6.07) is 0. The molecule has 0 radical (unpaired) electrons. The van der Waals surface area contributed by atoms with Gasteiger partial charge in [-0.2, -0.15) is 8.42 Å². The molecule has 0 aromatic heterocycles. The quantitative estimate of drug-likeness (QED) is 0.550. The van der Waals surface area contributed by atoms with Crippen molar-refractivity contribution in [1.82, 2.24) is 5.32 Å². The van der Waals surface area contributed by atoms with Crippen molar-refractivity contribution >= 4 is 10.4 Å². The Labute approximate surface area is 60.3 Å². The van der Waals surface area contributed by atoms with Crippen LogP contribution in [0.1, 0.15) is 6.92 Å². The van der Waals surface area contributed by atoms with Gasteiger partial charge in [0.25, 0.3) is 0 Å². The van der Waals surface area contributed by atoms with Crippen molar-refractivity contribution in [2.24, 2.45) is 0 Å². The van der Waals surface area contributed by atoms with Crippen LogP contribution in [0.15, 0.2) is 0 Å². The van der Waals surface area contributed by atoms with Gasteiger partial charge in [-0.3, -0.25) is 4.55 Å². The summed E-state index contributed by atoms with van der Waals surface area (Å²) < 4.78 is 32.3. The first kappa shape index (κ1) is 9.83. The van der Waals surface area contributed by atoms with Crippen LogP contribution in [0, 0.1) is 0 Å². The van der Waals surface area contributed by atoms with Gasteiger partial charge < -0.3 is 5.32 Å². The molecule has 5 nitrogen and oxygen atoms in total. The lowest BCUT2D eigenvalue weighted by atomic mass is 10.4. The maximum atomic E-state index is 10.0. The van der Waals surface area contributed by atoms with Crippen LogP contribution in [0.3, 0.4) is 0 Å². The van der Waals surface area contributed by atoms with Gasteiger partial charge in [-0.1, -0.05) is 0 Å². The van der Waals surface area contributed by atoms with Gasteiger partial charge in [0.1, 0.15) is 0 Å². The molecule has 0 spiro atoms. The van der Waals surface area contributed by atoms with Gasteiger partial charge in [0, 0.05) is 6.54 Å². The molecule has 1 unspecified atom stereocenters. The van der Waals surface area contributed by atoms with Crippen molar-refractivity contribution in [1.29, 1.82) is 0 Å². The summed E-state index contributed by atoms with van der Waals surface area (Å²) in [7, 11) is -2.63. The zero-order valence-electron chi connectivity index (χ0n) is 5.86. The summed E-state index contributed by atoms with van der Waals surface area (Å²) in [5, 5.41) is 2.69. The maximum absolute atomic E-state index is 10.0. The Bertz CT molecular complexity index is 176. The summed E-state index contributed by atoms with van der Waals surface area (Å²) in [5.74, 6) is 0. The second-order valence-electron chi connectivity index (χ2n) is 1.89. The molecule has 0 fully saturated rings. The molecule has 0 saturated heterocycles. The fraction of sp³-hybridized carbons (Fsp3) is 1.00. The number of hydrogen-bond donors (Lipinski definition) is 2. The summed E-state index contributed by atoms with van der Waals surface area (Å²) in [6.07, 6.45) is -0.542. The lowest BCUT2D eigenvalue weighted by Gasteiger charge is -2.07. The van der Waals surface area contributed by atoms with E-state index in [4.69, 9.17) is 4.55 Å². The highest BCUT2D eigenvalue weighted by Gasteiger charge is 2.10. The van der Waals surface area contributed by atoms with Crippen LogP contribution in [0.2, 0.25) is 0 Å². The van der Waals surface area contributed by atoms with Crippen molar-refractivity contribution in [3.8, 4) is 0 Å². The van der Waals surface area contributed by atoms with E-state index in [0.717, 1.165) is 0 Å². The predicted molar refractivity (Wildman–Crippen MR) is 36.0 cm³/mol. The van der Waals surface area contributed by atoms with Crippen LogP contribution in [0.25, 0.3) is 0 Å². The minimum absolute atomic E-state index is 0.375. The van der Waals surface area contributed by atoms with E-state index in [9.17, 15) is 8.42 Å². The van der Waals surface area contributed by atoms with E-state index in [1.807, 2.05) is 0 Å². The molecule has 0 bridgehead atoms. The molecular weight excluding hydrogens is 158 g/mol. The number of hydrogen-bond acceptors (Lipinski definition) is 4. The molecule has 0 saturated carbocycles. The van der Waals surface area contributed by atoms with E-state index >= 15 is 0 Å². The van der Waals surface area contributed by atoms with E-state index in [2.05, 4.69) is 9.50 Å². The lowest BCUT2D eigenvalue weighted by molar-refractivity contribution is 0.197. The molecule has 10 heavy (non-hydrogen) atoms. The largest absolute Gasteiger partial charge is 0.397 e. The van der Waals surface area contributed by atoms with Crippen LogP contribution in [-0.4, -0.2) is 32.7 Å². The SMILES string of the molecule is CNCC(C)OS(=O)(=O)O. The molecule has 1 atom stereocenters. The van der Waals surface area contributed by atoms with E-state index in [0.29, 0.717) is 6.54 Å². The summed E-state index contributed by atoms with van der Waals surface area (Å²) >= 11 is 0. The molecule has 0 aromatic rings. The third-order valence-corrected chi connectivity index (χ3v) is 1.35. The van der Waals surface area contributed by atoms with Gasteiger partial charge in [0.2, 0.25) is 0 Å². The van der Waals surface area contributed by atoms with E-state index in [1.165, 1.54) is 6.92 Å². The average Bonchev–Trinajstić information content (AvgIpc) is 1.59. The highest BCUT2D eigenvalue weighted by molar-refractivity contribution is 7.80. The van der Waals surface area contributed by atoms with Crippen LogP contribution >= 0.6 is 0 Å². The Hall–Kier alpha value is -0.170. The molecule has 0 amide bonds. The van der Waals surface area contributed by atoms with Gasteiger partial charge >= 0.3 is 10.4 Å². The number of rotatable bonds is 4. The molecule has 6 heteroatoms. The second kappa shape index (κ2) is 3.87. The first-order valence-corrected chi connectivity index (χ1v) is 4.12. The van der Waals surface area contributed by atoms with Gasteiger partial charge in [0.15, 0.2) is 0 Å². The minimum atomic E-state index is -4.29. The number of nitrogens with one attached hydrogen (secondary N) is 1. The lowest BCUT2D eigenvalue weighted by Crippen LogP contribution is -2.25. The van der Waals surface area contributed by atoms with Crippen molar-refractivity contribution in [2.75, 3.05) is 13.6 Å². The minimum Gasteiger partial charge on any atom is -0.317 e. The summed E-state index contributed by atoms with van der Waals surface area (Å²) in [4.78, 5) is 0. The highest BCUT2D eigenvalue weighted by Crippen LogP contribution is 1.93. The second-order valence-corrected chi connectivity index (χ2v) is 2.94. The van der Waals surface area contributed by atoms with Crippen molar-refractivity contribution in [2.45, 2.75) is 13.0 Å². The zero-order valence-corrected chi connectivity index (χ0v) is 6.68.